The zero-order valence-corrected chi connectivity index (χ0v) is 13.5. The summed E-state index contributed by atoms with van der Waals surface area (Å²) in [6.07, 6.45) is 0. The van der Waals surface area contributed by atoms with Crippen molar-refractivity contribution in [2.75, 3.05) is 0 Å². The zero-order chi connectivity index (χ0) is 15.4. The van der Waals surface area contributed by atoms with Crippen LogP contribution in [0.2, 0.25) is 0 Å². The maximum Gasteiger partial charge on any atom is 0.214 e. The highest BCUT2D eigenvalue weighted by Crippen LogP contribution is 2.44. The predicted molar refractivity (Wildman–Crippen MR) is 94.1 cm³/mol. The van der Waals surface area contributed by atoms with E-state index >= 15 is 0 Å². The Balaban J connectivity index is 2.50. The van der Waals surface area contributed by atoms with Gasteiger partial charge in [0.15, 0.2) is 0 Å². The van der Waals surface area contributed by atoms with Crippen molar-refractivity contribution in [2.24, 2.45) is 0 Å². The molecule has 0 heterocycles. The first-order chi connectivity index (χ1) is 10.8. The molecule has 110 valence electrons. The van der Waals surface area contributed by atoms with Crippen LogP contribution in [0.1, 0.15) is 0 Å². The molecule has 0 atom stereocenters. The molecule has 22 heavy (non-hydrogen) atoms. The van der Waals surface area contributed by atoms with Gasteiger partial charge in [-0.15, -0.1) is 0 Å². The van der Waals surface area contributed by atoms with Crippen molar-refractivity contribution in [3.63, 3.8) is 0 Å². The molecule has 0 unspecified atom stereocenters. The molecule has 3 aromatic rings. The molecule has 0 bridgehead atoms. The molecule has 0 radical (unpaired) electrons. The number of rotatable bonds is 3. The molecule has 0 aliphatic carbocycles. The highest BCUT2D eigenvalue weighted by molar-refractivity contribution is 8.30. The highest BCUT2D eigenvalue weighted by Gasteiger charge is 2.29. The second-order valence-corrected chi connectivity index (χ2v) is 10.6. The van der Waals surface area contributed by atoms with E-state index in [9.17, 15) is 8.42 Å². The van der Waals surface area contributed by atoms with Gasteiger partial charge in [0.1, 0.15) is 0 Å². The summed E-state index contributed by atoms with van der Waals surface area (Å²) in [5.41, 5.74) is 0. The van der Waals surface area contributed by atoms with Crippen LogP contribution in [0, 0.1) is 0 Å². The lowest BCUT2D eigenvalue weighted by Crippen LogP contribution is -2.25. The van der Waals surface area contributed by atoms with Crippen LogP contribution in [0.25, 0.3) is 0 Å². The third-order valence-electron chi connectivity index (χ3n) is 3.58. The van der Waals surface area contributed by atoms with Gasteiger partial charge in [-0.2, -0.15) is 8.42 Å². The monoisotopic (exact) mass is 326 g/mol. The van der Waals surface area contributed by atoms with Gasteiger partial charge in [0, 0.05) is 0 Å². The minimum Gasteiger partial charge on any atom is -0.185 e. The van der Waals surface area contributed by atoms with Crippen LogP contribution in [0.4, 0.5) is 0 Å². The average molecular weight is 326 g/mol. The van der Waals surface area contributed by atoms with Gasteiger partial charge in [0.25, 0.3) is 0 Å². The summed E-state index contributed by atoms with van der Waals surface area (Å²) in [6, 6.07) is 25.8. The van der Waals surface area contributed by atoms with E-state index in [-0.39, 0.29) is 0 Å². The van der Waals surface area contributed by atoms with Crippen LogP contribution in [0.15, 0.2) is 91.0 Å². The van der Waals surface area contributed by atoms with E-state index in [0.29, 0.717) is 0 Å². The molecule has 0 saturated heterocycles. The van der Waals surface area contributed by atoms with Gasteiger partial charge in [-0.05, 0) is 15.9 Å². The molecule has 4 heteroatoms. The van der Waals surface area contributed by atoms with Gasteiger partial charge >= 0.3 is 0 Å². The van der Waals surface area contributed by atoms with E-state index in [1.54, 1.807) is 0 Å². The van der Waals surface area contributed by atoms with Crippen molar-refractivity contribution in [2.45, 2.75) is 0 Å². The molecular formula is C18H15O2PS. The van der Waals surface area contributed by atoms with E-state index in [0.717, 1.165) is 15.9 Å². The molecule has 0 amide bonds. The normalized spacial score (nSPS) is 11.1. The second kappa shape index (κ2) is 6.35. The average Bonchev–Trinajstić information content (AvgIpc) is 2.58. The Morgan fingerprint density at radius 2 is 0.773 bits per heavy atom. The molecule has 0 aromatic heterocycles. The molecule has 0 saturated carbocycles. The summed E-state index contributed by atoms with van der Waals surface area (Å²) in [5.74, 6) is 0. The zero-order valence-electron chi connectivity index (χ0n) is 11.8. The standard InChI is InChI=1S/C18H15O2PS/c19-22(20)21(16-10-4-1-5-11-16,17-12-6-2-7-13-17)18-14-8-3-9-15-18/h1-15H. The van der Waals surface area contributed by atoms with Gasteiger partial charge < -0.3 is 0 Å². The molecule has 0 aliphatic heterocycles. The summed E-state index contributed by atoms with van der Waals surface area (Å²) >= 11 is 0. The Kier molecular flexibility index (Phi) is 4.28. The van der Waals surface area contributed by atoms with Crippen molar-refractivity contribution >= 4 is 31.8 Å². The molecule has 0 spiro atoms. The van der Waals surface area contributed by atoms with Crippen molar-refractivity contribution in [3.05, 3.63) is 91.0 Å². The lowest BCUT2D eigenvalue weighted by atomic mass is 10.4. The lowest BCUT2D eigenvalue weighted by Gasteiger charge is -2.22. The van der Waals surface area contributed by atoms with Gasteiger partial charge in [0.05, 0.1) is 6.04 Å². The first kappa shape index (κ1) is 14.8. The minimum atomic E-state index is -2.71. The molecule has 0 aliphatic rings. The minimum absolute atomic E-state index is 0.848. The third kappa shape index (κ3) is 2.43. The van der Waals surface area contributed by atoms with Crippen LogP contribution in [0.3, 0.4) is 0 Å². The second-order valence-electron chi connectivity index (χ2n) is 4.83. The van der Waals surface area contributed by atoms with E-state index in [2.05, 4.69) is 0 Å². The van der Waals surface area contributed by atoms with Crippen molar-refractivity contribution in [3.8, 4) is 0 Å². The first-order valence-corrected chi connectivity index (χ1v) is 10.4. The maximum absolute atomic E-state index is 12.5. The Labute approximate surface area is 131 Å². The van der Waals surface area contributed by atoms with Crippen molar-refractivity contribution in [1.82, 2.24) is 0 Å². The van der Waals surface area contributed by atoms with E-state index in [1.165, 1.54) is 0 Å². The van der Waals surface area contributed by atoms with Crippen LogP contribution in [-0.4, -0.2) is 8.42 Å². The molecule has 2 nitrogen and oxygen atoms in total. The van der Waals surface area contributed by atoms with Crippen LogP contribution in [-0.2, 0) is 9.88 Å². The molecule has 3 aromatic carbocycles. The predicted octanol–water partition coefficient (Wildman–Crippen LogP) is 2.77. The number of hydrogen-bond donors (Lipinski definition) is 0. The van der Waals surface area contributed by atoms with Crippen LogP contribution >= 0.6 is 6.04 Å². The van der Waals surface area contributed by atoms with Crippen LogP contribution < -0.4 is 15.9 Å². The lowest BCUT2D eigenvalue weighted by molar-refractivity contribution is 0.628. The Morgan fingerprint density at radius 3 is 1.00 bits per heavy atom. The van der Waals surface area contributed by atoms with Crippen LogP contribution in [0.5, 0.6) is 0 Å². The molecule has 0 fully saturated rings. The number of benzene rings is 3. The smallest absolute Gasteiger partial charge is 0.185 e. The fraction of sp³-hybridized carbons (Fsp3) is 0. The first-order valence-electron chi connectivity index (χ1n) is 6.92. The highest BCUT2D eigenvalue weighted by atomic mass is 32.5. The summed E-state index contributed by atoms with van der Waals surface area (Å²) in [6.45, 7) is 0. The maximum atomic E-state index is 12.5. The fourth-order valence-corrected chi connectivity index (χ4v) is 8.45. The summed E-state index contributed by atoms with van der Waals surface area (Å²) in [5, 5.41) is 2.54. The van der Waals surface area contributed by atoms with Gasteiger partial charge in [0.2, 0.25) is 9.88 Å². The van der Waals surface area contributed by atoms with Gasteiger partial charge in [-0.25, -0.2) is 0 Å². The Morgan fingerprint density at radius 1 is 0.500 bits per heavy atom. The SMILES string of the molecule is O=S(=O)=P(c1ccccc1)(c1ccccc1)c1ccccc1. The Hall–Kier alpha value is -2.09. The van der Waals surface area contributed by atoms with Gasteiger partial charge in [-0.3, -0.25) is 0 Å². The van der Waals surface area contributed by atoms with E-state index < -0.39 is 15.9 Å². The molecular weight excluding hydrogens is 311 g/mol. The van der Waals surface area contributed by atoms with Crippen molar-refractivity contribution < 1.29 is 8.42 Å². The summed E-state index contributed by atoms with van der Waals surface area (Å²) in [4.78, 5) is 0. The summed E-state index contributed by atoms with van der Waals surface area (Å²) < 4.78 is 24.9. The molecule has 0 N–H and O–H groups in total. The quantitative estimate of drug-likeness (QED) is 0.694. The van der Waals surface area contributed by atoms with E-state index in [4.69, 9.17) is 0 Å². The fourth-order valence-electron chi connectivity index (χ4n) is 2.62. The number of hydrogen-bond acceptors (Lipinski definition) is 2. The topological polar surface area (TPSA) is 34.1 Å². The Bertz CT molecular complexity index is 807. The summed E-state index contributed by atoms with van der Waals surface area (Å²) in [7, 11) is -2.25. The molecule has 3 rings (SSSR count). The third-order valence-corrected chi connectivity index (χ3v) is 10.3. The van der Waals surface area contributed by atoms with E-state index in [1.807, 2.05) is 91.0 Å². The van der Waals surface area contributed by atoms with Gasteiger partial charge in [-0.1, -0.05) is 91.0 Å². The largest absolute Gasteiger partial charge is 0.214 e. The van der Waals surface area contributed by atoms with Crippen molar-refractivity contribution in [1.29, 1.82) is 0 Å².